The summed E-state index contributed by atoms with van der Waals surface area (Å²) in [6.07, 6.45) is 0. The van der Waals surface area contributed by atoms with Crippen LogP contribution in [0.5, 0.6) is 0 Å². The van der Waals surface area contributed by atoms with Crippen LogP contribution in [0.25, 0.3) is 11.1 Å². The van der Waals surface area contributed by atoms with Gasteiger partial charge in [0.05, 0.1) is 10.0 Å². The van der Waals surface area contributed by atoms with Crippen LogP contribution < -0.4 is 0 Å². The van der Waals surface area contributed by atoms with Gasteiger partial charge in [0, 0.05) is 5.56 Å². The molecule has 2 rings (SSSR count). The molecule has 0 unspecified atom stereocenters. The maximum atomic E-state index is 13.6. The predicted octanol–water partition coefficient (Wildman–Crippen LogP) is 4.94. The highest BCUT2D eigenvalue weighted by atomic mass is 35.5. The molecule has 0 spiro atoms. The summed E-state index contributed by atoms with van der Waals surface area (Å²) in [4.78, 5) is 0. The van der Waals surface area contributed by atoms with Gasteiger partial charge in [-0.3, -0.25) is 0 Å². The van der Waals surface area contributed by atoms with Crippen molar-refractivity contribution in [3.05, 3.63) is 58.1 Å². The average molecular weight is 259 g/mol. The fourth-order valence-electron chi connectivity index (χ4n) is 1.37. The van der Waals surface area contributed by atoms with Crippen LogP contribution in [0.1, 0.15) is 0 Å². The van der Waals surface area contributed by atoms with E-state index < -0.39 is 5.82 Å². The molecule has 0 aliphatic heterocycles. The maximum absolute atomic E-state index is 13.6. The van der Waals surface area contributed by atoms with E-state index in [0.29, 0.717) is 11.1 Å². The van der Waals surface area contributed by atoms with E-state index in [0.717, 1.165) is 6.07 Å². The number of benzene rings is 2. The van der Waals surface area contributed by atoms with Gasteiger partial charge in [0.1, 0.15) is 11.6 Å². The average Bonchev–Trinajstić information content (AvgIpc) is 2.25. The van der Waals surface area contributed by atoms with Gasteiger partial charge < -0.3 is 0 Å². The third kappa shape index (κ3) is 2.18. The Bertz CT molecular complexity index is 521. The number of halogens is 4. The Hall–Kier alpha value is -1.12. The third-order valence-electron chi connectivity index (χ3n) is 2.17. The lowest BCUT2D eigenvalue weighted by Crippen LogP contribution is -1.86. The second-order valence-corrected chi connectivity index (χ2v) is 4.07. The van der Waals surface area contributed by atoms with E-state index in [1.807, 2.05) is 0 Å². The van der Waals surface area contributed by atoms with E-state index in [1.165, 1.54) is 30.3 Å². The summed E-state index contributed by atoms with van der Waals surface area (Å²) in [5.41, 5.74) is 0.854. The zero-order valence-corrected chi connectivity index (χ0v) is 9.49. The van der Waals surface area contributed by atoms with Crippen LogP contribution in [0.4, 0.5) is 8.78 Å². The lowest BCUT2D eigenvalue weighted by atomic mass is 10.1. The molecule has 0 aliphatic rings. The van der Waals surface area contributed by atoms with E-state index in [1.54, 1.807) is 0 Å². The molecular formula is C12H6Cl2F2. The second-order valence-electron chi connectivity index (χ2n) is 3.25. The smallest absolute Gasteiger partial charge is 0.132 e. The van der Waals surface area contributed by atoms with Crippen molar-refractivity contribution >= 4 is 23.2 Å². The molecule has 0 nitrogen and oxygen atoms in total. The molecule has 16 heavy (non-hydrogen) atoms. The van der Waals surface area contributed by atoms with Crippen molar-refractivity contribution in [1.29, 1.82) is 0 Å². The summed E-state index contributed by atoms with van der Waals surface area (Å²) in [5.74, 6) is -0.856. The Labute approximate surface area is 101 Å². The molecule has 4 heteroatoms. The number of hydrogen-bond donors (Lipinski definition) is 0. The molecule has 0 amide bonds. The molecular weight excluding hydrogens is 253 g/mol. The second kappa shape index (κ2) is 4.40. The van der Waals surface area contributed by atoms with Crippen LogP contribution in [0, 0.1) is 11.6 Å². The lowest BCUT2D eigenvalue weighted by Gasteiger charge is -2.05. The molecule has 0 aromatic heterocycles. The molecule has 0 radical (unpaired) electrons. The Kier molecular flexibility index (Phi) is 3.13. The molecule has 0 atom stereocenters. The first-order valence-electron chi connectivity index (χ1n) is 4.48. The fourth-order valence-corrected chi connectivity index (χ4v) is 1.69. The standard InChI is InChI=1S/C12H6Cl2F2/c13-10-5-9(12(16)6-11(10)14)7-1-3-8(15)4-2-7/h1-6H. The van der Waals surface area contributed by atoms with Crippen LogP contribution in [0.3, 0.4) is 0 Å². The molecule has 0 aliphatic carbocycles. The van der Waals surface area contributed by atoms with Crippen LogP contribution >= 0.6 is 23.2 Å². The van der Waals surface area contributed by atoms with Crippen molar-refractivity contribution in [1.82, 2.24) is 0 Å². The Morgan fingerprint density at radius 3 is 2.00 bits per heavy atom. The summed E-state index contributed by atoms with van der Waals surface area (Å²) in [6, 6.07) is 8.06. The topological polar surface area (TPSA) is 0 Å². The van der Waals surface area contributed by atoms with Gasteiger partial charge in [-0.1, -0.05) is 35.3 Å². The van der Waals surface area contributed by atoms with Gasteiger partial charge >= 0.3 is 0 Å². The minimum atomic E-state index is -0.485. The van der Waals surface area contributed by atoms with Crippen LogP contribution in [-0.4, -0.2) is 0 Å². The van der Waals surface area contributed by atoms with E-state index in [2.05, 4.69) is 0 Å². The SMILES string of the molecule is Fc1ccc(-c2cc(Cl)c(Cl)cc2F)cc1. The van der Waals surface area contributed by atoms with Crippen LogP contribution in [0.2, 0.25) is 10.0 Å². The van der Waals surface area contributed by atoms with Gasteiger partial charge in [0.2, 0.25) is 0 Å². The number of hydrogen-bond acceptors (Lipinski definition) is 0. The van der Waals surface area contributed by atoms with Crippen molar-refractivity contribution in [2.24, 2.45) is 0 Å². The predicted molar refractivity (Wildman–Crippen MR) is 61.8 cm³/mol. The largest absolute Gasteiger partial charge is 0.207 e. The zero-order chi connectivity index (χ0) is 11.7. The van der Waals surface area contributed by atoms with Gasteiger partial charge in [0.25, 0.3) is 0 Å². The van der Waals surface area contributed by atoms with Crippen molar-refractivity contribution in [2.45, 2.75) is 0 Å². The van der Waals surface area contributed by atoms with Crippen LogP contribution in [0.15, 0.2) is 36.4 Å². The first-order chi connectivity index (χ1) is 7.58. The summed E-state index contributed by atoms with van der Waals surface area (Å²) in [5, 5.41) is 0.424. The molecule has 0 heterocycles. The van der Waals surface area contributed by atoms with E-state index in [9.17, 15) is 8.78 Å². The maximum Gasteiger partial charge on any atom is 0.132 e. The third-order valence-corrected chi connectivity index (χ3v) is 2.89. The summed E-state index contributed by atoms with van der Waals surface area (Å²) < 4.78 is 26.3. The van der Waals surface area contributed by atoms with E-state index in [-0.39, 0.29) is 15.9 Å². The van der Waals surface area contributed by atoms with Crippen molar-refractivity contribution in [2.75, 3.05) is 0 Å². The highest BCUT2D eigenvalue weighted by Crippen LogP contribution is 2.31. The summed E-state index contributed by atoms with van der Waals surface area (Å²) in [7, 11) is 0. The molecule has 0 saturated heterocycles. The van der Waals surface area contributed by atoms with Crippen molar-refractivity contribution in [3.8, 4) is 11.1 Å². The number of rotatable bonds is 1. The molecule has 2 aromatic rings. The van der Waals surface area contributed by atoms with E-state index in [4.69, 9.17) is 23.2 Å². The molecule has 82 valence electrons. The monoisotopic (exact) mass is 258 g/mol. The summed E-state index contributed by atoms with van der Waals surface area (Å²) >= 11 is 11.5. The fraction of sp³-hybridized carbons (Fsp3) is 0. The minimum absolute atomic E-state index is 0.157. The Morgan fingerprint density at radius 1 is 0.812 bits per heavy atom. The first kappa shape index (κ1) is 11.4. The summed E-state index contributed by atoms with van der Waals surface area (Å²) in [6.45, 7) is 0. The van der Waals surface area contributed by atoms with Gasteiger partial charge in [-0.15, -0.1) is 0 Å². The zero-order valence-electron chi connectivity index (χ0n) is 7.98. The quantitative estimate of drug-likeness (QED) is 0.636. The Morgan fingerprint density at radius 2 is 1.38 bits per heavy atom. The highest BCUT2D eigenvalue weighted by Gasteiger charge is 2.09. The van der Waals surface area contributed by atoms with Crippen molar-refractivity contribution < 1.29 is 8.78 Å². The molecule has 0 N–H and O–H groups in total. The van der Waals surface area contributed by atoms with Gasteiger partial charge in [0.15, 0.2) is 0 Å². The first-order valence-corrected chi connectivity index (χ1v) is 5.24. The molecule has 0 fully saturated rings. The van der Waals surface area contributed by atoms with E-state index >= 15 is 0 Å². The molecule has 2 aromatic carbocycles. The van der Waals surface area contributed by atoms with Crippen LogP contribution in [-0.2, 0) is 0 Å². The lowest BCUT2D eigenvalue weighted by molar-refractivity contribution is 0.625. The highest BCUT2D eigenvalue weighted by molar-refractivity contribution is 6.42. The van der Waals surface area contributed by atoms with Gasteiger partial charge in [-0.2, -0.15) is 0 Å². The normalized spacial score (nSPS) is 10.5. The Balaban J connectivity index is 2.56. The molecule has 0 saturated carbocycles. The molecule has 0 bridgehead atoms. The minimum Gasteiger partial charge on any atom is -0.207 e. The van der Waals surface area contributed by atoms with Gasteiger partial charge in [-0.25, -0.2) is 8.78 Å². The van der Waals surface area contributed by atoms with Crippen molar-refractivity contribution in [3.63, 3.8) is 0 Å². The van der Waals surface area contributed by atoms with Gasteiger partial charge in [-0.05, 0) is 29.8 Å².